The molecule has 1 saturated heterocycles. The highest BCUT2D eigenvalue weighted by molar-refractivity contribution is 5.79. The smallest absolute Gasteiger partial charge is 0.237 e. The molecule has 8 heteroatoms. The van der Waals surface area contributed by atoms with Crippen molar-refractivity contribution >= 4 is 5.91 Å². The van der Waals surface area contributed by atoms with Crippen LogP contribution in [0.15, 0.2) is 42.6 Å². The summed E-state index contributed by atoms with van der Waals surface area (Å²) in [4.78, 5) is 25.8. The maximum absolute atomic E-state index is 12.8. The van der Waals surface area contributed by atoms with Crippen molar-refractivity contribution in [2.24, 2.45) is 0 Å². The highest BCUT2D eigenvalue weighted by Gasteiger charge is 2.25. The number of imidazole rings is 1. The molecular weight excluding hydrogens is 392 g/mol. The molecule has 0 aliphatic carbocycles. The number of carbonyl (C=O) groups is 1. The molecule has 1 aromatic carbocycles. The maximum atomic E-state index is 12.8. The van der Waals surface area contributed by atoms with Crippen molar-refractivity contribution in [1.82, 2.24) is 24.3 Å². The van der Waals surface area contributed by atoms with E-state index in [0.29, 0.717) is 49.9 Å². The Morgan fingerprint density at radius 3 is 2.84 bits per heavy atom. The van der Waals surface area contributed by atoms with E-state index in [9.17, 15) is 10.1 Å². The fraction of sp³-hybridized carbons (Fsp3) is 0.304. The second-order valence-corrected chi connectivity index (χ2v) is 7.92. The minimum absolute atomic E-state index is 0.0891. The van der Waals surface area contributed by atoms with E-state index in [1.54, 1.807) is 12.1 Å². The summed E-state index contributed by atoms with van der Waals surface area (Å²) < 4.78 is 8.16. The zero-order chi connectivity index (χ0) is 21.4. The Bertz CT molecular complexity index is 1200. The van der Waals surface area contributed by atoms with Crippen molar-refractivity contribution < 1.29 is 9.53 Å². The van der Waals surface area contributed by atoms with Gasteiger partial charge in [0.2, 0.25) is 11.8 Å². The van der Waals surface area contributed by atoms with Crippen molar-refractivity contribution in [1.29, 1.82) is 5.26 Å². The van der Waals surface area contributed by atoms with Crippen LogP contribution in [-0.2, 0) is 24.4 Å². The number of hydrogen-bond donors (Lipinski definition) is 0. The SMILES string of the molecule is Cc1ncc2n1Cc1ccc(C#N)c(c1)Oc1cccc(n1)CN1CCN(CC1=O)C2. The van der Waals surface area contributed by atoms with Crippen molar-refractivity contribution in [3.8, 4) is 17.7 Å². The third kappa shape index (κ3) is 3.88. The monoisotopic (exact) mass is 414 g/mol. The summed E-state index contributed by atoms with van der Waals surface area (Å²) in [6.45, 7) is 5.50. The first kappa shape index (κ1) is 19.3. The Labute approximate surface area is 180 Å². The highest BCUT2D eigenvalue weighted by Crippen LogP contribution is 2.27. The number of nitriles is 1. The van der Waals surface area contributed by atoms with Gasteiger partial charge in [-0.3, -0.25) is 9.69 Å². The zero-order valence-corrected chi connectivity index (χ0v) is 17.3. The van der Waals surface area contributed by atoms with Crippen LogP contribution in [-0.4, -0.2) is 49.9 Å². The van der Waals surface area contributed by atoms with Crippen molar-refractivity contribution in [2.45, 2.75) is 26.6 Å². The van der Waals surface area contributed by atoms with Gasteiger partial charge in [-0.1, -0.05) is 12.1 Å². The third-order valence-corrected chi connectivity index (χ3v) is 5.78. The Morgan fingerprint density at radius 2 is 2.00 bits per heavy atom. The summed E-state index contributed by atoms with van der Waals surface area (Å²) in [5.74, 6) is 1.87. The van der Waals surface area contributed by atoms with E-state index in [1.165, 1.54) is 0 Å². The molecule has 5 heterocycles. The lowest BCUT2D eigenvalue weighted by atomic mass is 10.1. The van der Waals surface area contributed by atoms with Gasteiger partial charge >= 0.3 is 0 Å². The molecule has 0 spiro atoms. The van der Waals surface area contributed by atoms with Crippen LogP contribution in [0.4, 0.5) is 0 Å². The highest BCUT2D eigenvalue weighted by atomic mass is 16.5. The lowest BCUT2D eigenvalue weighted by Gasteiger charge is -2.34. The number of nitrogens with zero attached hydrogens (tertiary/aromatic N) is 6. The van der Waals surface area contributed by atoms with Gasteiger partial charge in [-0.15, -0.1) is 0 Å². The molecule has 1 atom stereocenters. The molecule has 3 aliphatic heterocycles. The van der Waals surface area contributed by atoms with Crippen molar-refractivity contribution in [3.05, 3.63) is 70.9 Å². The Kier molecular flexibility index (Phi) is 4.88. The standard InChI is InChI=1S/C23H22N6O2/c1-16-25-11-20-14-27-7-8-28(23(30)15-27)13-19-3-2-4-22(26-19)31-21-9-17(12-29(16)20)5-6-18(21)10-24/h2-6,9,11H,7-8,12-15H2,1H3. The van der Waals surface area contributed by atoms with Crippen molar-refractivity contribution in [3.63, 3.8) is 0 Å². The van der Waals surface area contributed by atoms with Crippen LogP contribution in [0.2, 0.25) is 0 Å². The molecular formula is C23H22N6O2. The van der Waals surface area contributed by atoms with Crippen LogP contribution in [0.5, 0.6) is 11.6 Å². The lowest BCUT2D eigenvalue weighted by molar-refractivity contribution is -0.137. The van der Waals surface area contributed by atoms with Gasteiger partial charge in [0, 0.05) is 38.4 Å². The van der Waals surface area contributed by atoms with Gasteiger partial charge < -0.3 is 14.2 Å². The number of piperazine rings is 1. The molecule has 3 aliphatic rings. The fourth-order valence-electron chi connectivity index (χ4n) is 4.08. The zero-order valence-electron chi connectivity index (χ0n) is 17.3. The topological polar surface area (TPSA) is 87.3 Å². The molecule has 1 unspecified atom stereocenters. The first-order valence-electron chi connectivity index (χ1n) is 10.3. The summed E-state index contributed by atoms with van der Waals surface area (Å²) in [7, 11) is 0. The van der Waals surface area contributed by atoms with E-state index in [2.05, 4.69) is 25.5 Å². The molecule has 6 rings (SSSR count). The number of ether oxygens (including phenoxy) is 1. The molecule has 8 nitrogen and oxygen atoms in total. The predicted molar refractivity (Wildman–Crippen MR) is 112 cm³/mol. The van der Waals surface area contributed by atoms with Gasteiger partial charge in [0.15, 0.2) is 0 Å². The number of rotatable bonds is 0. The molecule has 31 heavy (non-hydrogen) atoms. The Balaban J connectivity index is 1.59. The van der Waals surface area contributed by atoms with Crippen molar-refractivity contribution in [2.75, 3.05) is 19.6 Å². The minimum Gasteiger partial charge on any atom is -0.438 e. The van der Waals surface area contributed by atoms with E-state index < -0.39 is 0 Å². The molecule has 1 amide bonds. The van der Waals surface area contributed by atoms with E-state index in [4.69, 9.17) is 4.74 Å². The summed E-state index contributed by atoms with van der Waals surface area (Å²) >= 11 is 0. The number of aromatic nitrogens is 3. The van der Waals surface area contributed by atoms with E-state index >= 15 is 0 Å². The Morgan fingerprint density at radius 1 is 1.10 bits per heavy atom. The van der Waals surface area contributed by atoms with E-state index in [1.807, 2.05) is 42.3 Å². The van der Waals surface area contributed by atoms with E-state index in [-0.39, 0.29) is 5.91 Å². The number of pyridine rings is 1. The third-order valence-electron chi connectivity index (χ3n) is 5.78. The number of carbonyl (C=O) groups excluding carboxylic acids is 1. The number of benzene rings is 1. The van der Waals surface area contributed by atoms with Crippen LogP contribution in [0, 0.1) is 18.3 Å². The molecule has 1 fully saturated rings. The van der Waals surface area contributed by atoms with Gasteiger partial charge in [-0.05, 0) is 30.7 Å². The molecule has 6 bridgehead atoms. The second-order valence-electron chi connectivity index (χ2n) is 7.92. The largest absolute Gasteiger partial charge is 0.438 e. The number of fused-ring (bicyclic) bond motifs is 2. The van der Waals surface area contributed by atoms with Crippen LogP contribution in [0.3, 0.4) is 0 Å². The Hall–Kier alpha value is -3.70. The second kappa shape index (κ2) is 7.85. The summed E-state index contributed by atoms with van der Waals surface area (Å²) in [6, 6.07) is 13.3. The number of amides is 1. The molecule has 0 saturated carbocycles. The molecule has 0 N–H and O–H groups in total. The maximum Gasteiger partial charge on any atom is 0.237 e. The van der Waals surface area contributed by atoms with E-state index in [0.717, 1.165) is 29.3 Å². The van der Waals surface area contributed by atoms with Gasteiger partial charge in [0.05, 0.1) is 30.0 Å². The molecule has 0 radical (unpaired) electrons. The molecule has 3 aromatic rings. The van der Waals surface area contributed by atoms with Crippen LogP contribution in [0.25, 0.3) is 0 Å². The lowest BCUT2D eigenvalue weighted by Crippen LogP contribution is -2.49. The number of hydrogen-bond acceptors (Lipinski definition) is 6. The van der Waals surface area contributed by atoms with Crippen LogP contribution >= 0.6 is 0 Å². The quantitative estimate of drug-likeness (QED) is 0.562. The first-order chi connectivity index (χ1) is 15.1. The van der Waals surface area contributed by atoms with Gasteiger partial charge in [0.1, 0.15) is 17.6 Å². The summed E-state index contributed by atoms with van der Waals surface area (Å²) in [5.41, 5.74) is 3.27. The molecule has 2 aromatic heterocycles. The number of aryl methyl sites for hydroxylation is 1. The summed E-state index contributed by atoms with van der Waals surface area (Å²) in [6.07, 6.45) is 1.88. The molecule has 156 valence electrons. The predicted octanol–water partition coefficient (Wildman–Crippen LogP) is 2.46. The average molecular weight is 414 g/mol. The first-order valence-corrected chi connectivity index (χ1v) is 10.3. The van der Waals surface area contributed by atoms with Gasteiger partial charge in [-0.2, -0.15) is 5.26 Å². The van der Waals surface area contributed by atoms with Gasteiger partial charge in [0.25, 0.3) is 0 Å². The average Bonchev–Trinajstić information content (AvgIpc) is 3.09. The van der Waals surface area contributed by atoms with Crippen LogP contribution in [0.1, 0.15) is 28.3 Å². The fourth-order valence-corrected chi connectivity index (χ4v) is 4.08. The summed E-state index contributed by atoms with van der Waals surface area (Å²) in [5, 5.41) is 9.53. The van der Waals surface area contributed by atoms with Gasteiger partial charge in [-0.25, -0.2) is 9.97 Å². The van der Waals surface area contributed by atoms with Crippen LogP contribution < -0.4 is 4.74 Å². The normalized spacial score (nSPS) is 18.3. The minimum atomic E-state index is 0.0891.